The van der Waals surface area contributed by atoms with Gasteiger partial charge in [-0.1, -0.05) is 18.2 Å². The second kappa shape index (κ2) is 3.47. The van der Waals surface area contributed by atoms with Crippen molar-refractivity contribution in [3.63, 3.8) is 0 Å². The third-order valence-corrected chi connectivity index (χ3v) is 3.31. The van der Waals surface area contributed by atoms with Gasteiger partial charge in [0, 0.05) is 15.7 Å². The summed E-state index contributed by atoms with van der Waals surface area (Å²) < 4.78 is 29.5. The lowest BCUT2D eigenvalue weighted by molar-refractivity contribution is 0.503. The number of rotatable bonds is 2. The third-order valence-electron chi connectivity index (χ3n) is 1.29. The molecular weight excluding hydrogens is 196 g/mol. The third kappa shape index (κ3) is 2.84. The normalized spacial score (nSPS) is 11.5. The Morgan fingerprint density at radius 3 is 2.42 bits per heavy atom. The Morgan fingerprint density at radius 2 is 1.92 bits per heavy atom. The molecule has 5 heteroatoms. The van der Waals surface area contributed by atoms with E-state index in [0.717, 1.165) is 5.56 Å². The molecule has 1 aromatic carbocycles. The molecule has 0 aliphatic heterocycles. The van der Waals surface area contributed by atoms with Gasteiger partial charge in [0.25, 0.3) is 0 Å². The van der Waals surface area contributed by atoms with Crippen LogP contribution in [-0.4, -0.2) is 13.0 Å². The number of hydrogen-bond donors (Lipinski definition) is 1. The molecule has 0 unspecified atom stereocenters. The van der Waals surface area contributed by atoms with E-state index in [0.29, 0.717) is 15.7 Å². The Kier molecular flexibility index (Phi) is 2.76. The van der Waals surface area contributed by atoms with Gasteiger partial charge in [0.2, 0.25) is 0 Å². The first-order valence-corrected chi connectivity index (χ1v) is 5.99. The van der Waals surface area contributed by atoms with Crippen LogP contribution in [-0.2, 0) is 9.15 Å². The molecule has 1 aromatic rings. The lowest BCUT2D eigenvalue weighted by Crippen LogP contribution is -1.90. The van der Waals surface area contributed by atoms with Crippen LogP contribution in [0.4, 0.5) is 0 Å². The predicted octanol–water partition coefficient (Wildman–Crippen LogP) is 1.89. The maximum absolute atomic E-state index is 10.5. The van der Waals surface area contributed by atoms with Gasteiger partial charge in [0.1, 0.15) is 0 Å². The summed E-state index contributed by atoms with van der Waals surface area (Å²) in [6, 6.07) is 6.96. The average molecular weight is 204 g/mol. The lowest BCUT2D eigenvalue weighted by Gasteiger charge is -2.00. The van der Waals surface area contributed by atoms with E-state index >= 15 is 0 Å². The standard InChI is InChI=1S/C7H8O3S2/c1-6-4-2-3-5-7(6)11-12(8,9)10/h2-5H,1H3,(H,8,9,10). The van der Waals surface area contributed by atoms with Gasteiger partial charge in [-0.2, -0.15) is 8.42 Å². The highest BCUT2D eigenvalue weighted by atomic mass is 33.1. The summed E-state index contributed by atoms with van der Waals surface area (Å²) in [4.78, 5) is 0.556. The van der Waals surface area contributed by atoms with Crippen LogP contribution < -0.4 is 0 Å². The Hall–Kier alpha value is -0.520. The minimum atomic E-state index is -3.98. The molecule has 0 radical (unpaired) electrons. The van der Waals surface area contributed by atoms with Crippen LogP contribution in [0.15, 0.2) is 29.2 Å². The molecule has 1 N–H and O–H groups in total. The fourth-order valence-corrected chi connectivity index (χ4v) is 2.57. The molecule has 0 bridgehead atoms. The summed E-state index contributed by atoms with van der Waals surface area (Å²) in [6.07, 6.45) is 0. The summed E-state index contributed by atoms with van der Waals surface area (Å²) in [5.41, 5.74) is 0.833. The van der Waals surface area contributed by atoms with Gasteiger partial charge in [-0.25, -0.2) is 0 Å². The second-order valence-electron chi connectivity index (χ2n) is 2.28. The van der Waals surface area contributed by atoms with Crippen molar-refractivity contribution in [3.05, 3.63) is 29.8 Å². The molecule has 0 atom stereocenters. The number of aryl methyl sites for hydroxylation is 1. The topological polar surface area (TPSA) is 54.4 Å². The van der Waals surface area contributed by atoms with Crippen molar-refractivity contribution in [3.8, 4) is 0 Å². The van der Waals surface area contributed by atoms with Gasteiger partial charge in [-0.3, -0.25) is 4.55 Å². The molecule has 3 nitrogen and oxygen atoms in total. The minimum absolute atomic E-state index is 0.455. The summed E-state index contributed by atoms with van der Waals surface area (Å²) >= 11 is 0. The predicted molar refractivity (Wildman–Crippen MR) is 48.6 cm³/mol. The van der Waals surface area contributed by atoms with Crippen molar-refractivity contribution in [2.24, 2.45) is 0 Å². The highest BCUT2D eigenvalue weighted by molar-refractivity contribution is 8.69. The Labute approximate surface area is 74.9 Å². The fourth-order valence-electron chi connectivity index (χ4n) is 0.763. The summed E-state index contributed by atoms with van der Waals surface area (Å²) in [5, 5.41) is 0. The molecule has 12 heavy (non-hydrogen) atoms. The van der Waals surface area contributed by atoms with E-state index in [9.17, 15) is 8.42 Å². The Morgan fingerprint density at radius 1 is 1.33 bits per heavy atom. The van der Waals surface area contributed by atoms with E-state index in [1.165, 1.54) is 0 Å². The maximum Gasteiger partial charge on any atom is 0.324 e. The highest BCUT2D eigenvalue weighted by Gasteiger charge is 2.08. The quantitative estimate of drug-likeness (QED) is 0.590. The van der Waals surface area contributed by atoms with Crippen LogP contribution >= 0.6 is 10.8 Å². The van der Waals surface area contributed by atoms with E-state index in [4.69, 9.17) is 4.55 Å². The van der Waals surface area contributed by atoms with Crippen LogP contribution in [0.3, 0.4) is 0 Å². The first-order chi connectivity index (χ1) is 5.49. The molecule has 0 saturated carbocycles. The van der Waals surface area contributed by atoms with Crippen molar-refractivity contribution in [2.75, 3.05) is 0 Å². The van der Waals surface area contributed by atoms with Gasteiger partial charge < -0.3 is 0 Å². The smallest absolute Gasteiger partial charge is 0.277 e. The van der Waals surface area contributed by atoms with Crippen molar-refractivity contribution in [1.29, 1.82) is 0 Å². The zero-order valence-corrected chi connectivity index (χ0v) is 8.02. The zero-order chi connectivity index (χ0) is 9.19. The summed E-state index contributed by atoms with van der Waals surface area (Å²) in [5.74, 6) is 0. The zero-order valence-electron chi connectivity index (χ0n) is 6.39. The Balaban J connectivity index is 2.98. The van der Waals surface area contributed by atoms with Crippen molar-refractivity contribution < 1.29 is 13.0 Å². The van der Waals surface area contributed by atoms with E-state index in [1.54, 1.807) is 25.1 Å². The molecule has 0 aliphatic carbocycles. The van der Waals surface area contributed by atoms with Crippen LogP contribution in [0.5, 0.6) is 0 Å². The molecule has 0 fully saturated rings. The van der Waals surface area contributed by atoms with Crippen LogP contribution in [0.25, 0.3) is 0 Å². The fraction of sp³-hybridized carbons (Fsp3) is 0.143. The van der Waals surface area contributed by atoms with Gasteiger partial charge in [-0.05, 0) is 18.6 Å². The maximum atomic E-state index is 10.5. The van der Waals surface area contributed by atoms with Crippen LogP contribution in [0, 0.1) is 6.92 Å². The molecule has 0 heterocycles. The van der Waals surface area contributed by atoms with E-state index < -0.39 is 9.15 Å². The molecule has 0 aliphatic rings. The second-order valence-corrected chi connectivity index (χ2v) is 5.50. The number of benzene rings is 1. The largest absolute Gasteiger partial charge is 0.324 e. The van der Waals surface area contributed by atoms with Crippen molar-refractivity contribution >= 4 is 19.9 Å². The first kappa shape index (κ1) is 9.57. The number of hydrogen-bond acceptors (Lipinski definition) is 3. The van der Waals surface area contributed by atoms with Crippen LogP contribution in [0.2, 0.25) is 0 Å². The van der Waals surface area contributed by atoms with Gasteiger partial charge in [-0.15, -0.1) is 0 Å². The summed E-state index contributed by atoms with van der Waals surface area (Å²) in [7, 11) is -3.53. The van der Waals surface area contributed by atoms with Crippen molar-refractivity contribution in [2.45, 2.75) is 11.8 Å². The van der Waals surface area contributed by atoms with E-state index in [-0.39, 0.29) is 0 Å². The van der Waals surface area contributed by atoms with Gasteiger partial charge in [0.05, 0.1) is 0 Å². The van der Waals surface area contributed by atoms with Gasteiger partial charge in [0.15, 0.2) is 0 Å². The molecule has 1 rings (SSSR count). The molecule has 66 valence electrons. The monoisotopic (exact) mass is 204 g/mol. The SMILES string of the molecule is Cc1ccccc1SS(=O)(=O)O. The lowest BCUT2D eigenvalue weighted by atomic mass is 10.2. The molecular formula is C7H8O3S2. The molecule has 0 saturated heterocycles. The minimum Gasteiger partial charge on any atom is -0.277 e. The molecule has 0 spiro atoms. The average Bonchev–Trinajstić information content (AvgIpc) is 1.91. The van der Waals surface area contributed by atoms with E-state index in [2.05, 4.69) is 0 Å². The Bertz CT molecular complexity index is 370. The molecule has 0 aromatic heterocycles. The van der Waals surface area contributed by atoms with Crippen LogP contribution in [0.1, 0.15) is 5.56 Å². The first-order valence-electron chi connectivity index (χ1n) is 3.21. The molecule has 0 amide bonds. The van der Waals surface area contributed by atoms with Crippen molar-refractivity contribution in [1.82, 2.24) is 0 Å². The highest BCUT2D eigenvalue weighted by Crippen LogP contribution is 2.25. The van der Waals surface area contributed by atoms with E-state index in [1.807, 2.05) is 6.07 Å². The summed E-state index contributed by atoms with van der Waals surface area (Å²) in [6.45, 7) is 1.79. The van der Waals surface area contributed by atoms with Gasteiger partial charge >= 0.3 is 9.15 Å².